The molecule has 1 aliphatic rings. The van der Waals surface area contributed by atoms with Crippen LogP contribution in [0.25, 0.3) is 0 Å². The van der Waals surface area contributed by atoms with E-state index in [1.54, 1.807) is 48.7 Å². The summed E-state index contributed by atoms with van der Waals surface area (Å²) in [5.41, 5.74) is 1.97. The molecule has 1 fully saturated rings. The Morgan fingerprint density at radius 2 is 1.70 bits per heavy atom. The third-order valence-corrected chi connectivity index (χ3v) is 6.17. The lowest BCUT2D eigenvalue weighted by Gasteiger charge is -2.31. The van der Waals surface area contributed by atoms with Crippen LogP contribution in [0.1, 0.15) is 56.7 Å². The summed E-state index contributed by atoms with van der Waals surface area (Å²) in [4.78, 5) is 31.5. The molecule has 0 spiro atoms. The molecule has 2 aromatic heterocycles. The molecule has 10 nitrogen and oxygen atoms in total. The van der Waals surface area contributed by atoms with Gasteiger partial charge in [-0.05, 0) is 55.8 Å². The van der Waals surface area contributed by atoms with Crippen LogP contribution in [0.3, 0.4) is 0 Å². The maximum absolute atomic E-state index is 12.6. The highest BCUT2D eigenvalue weighted by Gasteiger charge is 2.21. The molecule has 196 valence electrons. The molecule has 3 N–H and O–H groups in total. The Hall–Kier alpha value is -3.92. The van der Waals surface area contributed by atoms with Crippen molar-refractivity contribution in [1.29, 1.82) is 0 Å². The molecule has 4 rings (SSSR count). The topological polar surface area (TPSA) is 122 Å². The molecule has 0 radical (unpaired) electrons. The Balaban J connectivity index is 1.25. The minimum absolute atomic E-state index is 0.176. The lowest BCUT2D eigenvalue weighted by atomic mass is 9.92. The minimum atomic E-state index is -0.462. The first-order chi connectivity index (χ1) is 17.7. The fourth-order valence-corrected chi connectivity index (χ4v) is 3.91. The second-order valence-electron chi connectivity index (χ2n) is 10.1. The van der Waals surface area contributed by atoms with E-state index in [9.17, 15) is 9.59 Å². The Morgan fingerprint density at radius 3 is 2.27 bits per heavy atom. The van der Waals surface area contributed by atoms with E-state index >= 15 is 0 Å². The van der Waals surface area contributed by atoms with Gasteiger partial charge in [-0.15, -0.1) is 0 Å². The third-order valence-electron chi connectivity index (χ3n) is 6.17. The number of nitrogens with one attached hydrogen (secondary N) is 3. The quantitative estimate of drug-likeness (QED) is 0.406. The number of urea groups is 1. The number of anilines is 3. The monoisotopic (exact) mass is 506 g/mol. The van der Waals surface area contributed by atoms with Crippen LogP contribution in [-0.4, -0.2) is 52.7 Å². The fraction of sp³-hybridized carbons (Fsp3) is 0.407. The van der Waals surface area contributed by atoms with Crippen molar-refractivity contribution < 1.29 is 18.8 Å². The molecule has 10 heteroatoms. The normalized spacial score (nSPS) is 14.7. The summed E-state index contributed by atoms with van der Waals surface area (Å²) in [6.45, 7) is 11.3. The maximum Gasteiger partial charge on any atom is 0.326 e. The van der Waals surface area contributed by atoms with Gasteiger partial charge in [-0.3, -0.25) is 10.1 Å². The van der Waals surface area contributed by atoms with Gasteiger partial charge in [0.25, 0.3) is 5.91 Å². The van der Waals surface area contributed by atoms with Gasteiger partial charge in [0, 0.05) is 35.9 Å². The molecule has 0 bridgehead atoms. The molecule has 1 aliphatic heterocycles. The summed E-state index contributed by atoms with van der Waals surface area (Å²) in [5.74, 6) is 0.596. The van der Waals surface area contributed by atoms with Gasteiger partial charge in [-0.1, -0.05) is 32.9 Å². The highest BCUT2D eigenvalue weighted by Crippen LogP contribution is 2.24. The van der Waals surface area contributed by atoms with E-state index in [1.807, 2.05) is 20.8 Å². The van der Waals surface area contributed by atoms with Gasteiger partial charge in [-0.25, -0.2) is 9.78 Å². The number of likely N-dealkylation sites (tertiary alicyclic amines) is 1. The molecular formula is C27H34N6O4. The highest BCUT2D eigenvalue weighted by molar-refractivity contribution is 6.03. The largest absolute Gasteiger partial charge is 0.489 e. The van der Waals surface area contributed by atoms with Crippen molar-refractivity contribution in [2.24, 2.45) is 0 Å². The number of benzene rings is 1. The number of carbonyl (C=O) groups is 2. The number of aromatic nitrogens is 2. The number of hydrogen-bond donors (Lipinski definition) is 3. The summed E-state index contributed by atoms with van der Waals surface area (Å²) in [6.07, 6.45) is 3.74. The number of pyridine rings is 1. The molecule has 0 unspecified atom stereocenters. The fourth-order valence-electron chi connectivity index (χ4n) is 3.91. The molecule has 0 saturated carbocycles. The van der Waals surface area contributed by atoms with Crippen molar-refractivity contribution in [3.63, 3.8) is 0 Å². The van der Waals surface area contributed by atoms with Crippen LogP contribution in [0.4, 0.5) is 22.1 Å². The van der Waals surface area contributed by atoms with Gasteiger partial charge >= 0.3 is 6.03 Å². The first kappa shape index (κ1) is 26.2. The molecule has 3 aromatic rings. The summed E-state index contributed by atoms with van der Waals surface area (Å²) < 4.78 is 11.2. The van der Waals surface area contributed by atoms with Crippen LogP contribution in [0, 0.1) is 0 Å². The molecule has 0 aliphatic carbocycles. The number of nitrogens with zero attached hydrogens (tertiary/aromatic N) is 3. The zero-order chi connectivity index (χ0) is 26.4. The van der Waals surface area contributed by atoms with E-state index in [0.717, 1.165) is 38.2 Å². The predicted octanol–water partition coefficient (Wildman–Crippen LogP) is 5.13. The van der Waals surface area contributed by atoms with Crippen LogP contribution < -0.4 is 20.7 Å². The Kier molecular flexibility index (Phi) is 8.08. The van der Waals surface area contributed by atoms with Gasteiger partial charge in [0.05, 0.1) is 11.9 Å². The van der Waals surface area contributed by atoms with Crippen molar-refractivity contribution in [1.82, 2.24) is 15.0 Å². The summed E-state index contributed by atoms with van der Waals surface area (Å²) in [6, 6.07) is 11.4. The van der Waals surface area contributed by atoms with Gasteiger partial charge in [0.1, 0.15) is 17.5 Å². The Bertz CT molecular complexity index is 1190. The maximum atomic E-state index is 12.6. The SMILES string of the molecule is CCN1CCC(Oc2ccc(C(=O)Nc3ccc(NC(=O)Nc4cc(C(C)(C)C)no4)cc3)nc2)CC1. The van der Waals surface area contributed by atoms with Gasteiger partial charge in [0.15, 0.2) is 0 Å². The number of amides is 3. The lowest BCUT2D eigenvalue weighted by Crippen LogP contribution is -2.38. The lowest BCUT2D eigenvalue weighted by molar-refractivity contribution is 0.101. The minimum Gasteiger partial charge on any atom is -0.489 e. The molecule has 37 heavy (non-hydrogen) atoms. The van der Waals surface area contributed by atoms with Crippen molar-refractivity contribution in [3.05, 3.63) is 60.0 Å². The van der Waals surface area contributed by atoms with Crippen LogP contribution >= 0.6 is 0 Å². The van der Waals surface area contributed by atoms with Crippen molar-refractivity contribution in [2.75, 3.05) is 35.6 Å². The van der Waals surface area contributed by atoms with Crippen molar-refractivity contribution in [2.45, 2.75) is 52.1 Å². The average Bonchev–Trinajstić information content (AvgIpc) is 3.35. The van der Waals surface area contributed by atoms with Crippen molar-refractivity contribution >= 4 is 29.2 Å². The third kappa shape index (κ3) is 7.29. The van der Waals surface area contributed by atoms with E-state index in [2.05, 4.69) is 37.9 Å². The molecule has 0 atom stereocenters. The molecule has 1 saturated heterocycles. The van der Waals surface area contributed by atoms with Crippen LogP contribution in [0.2, 0.25) is 0 Å². The van der Waals surface area contributed by atoms with Gasteiger partial charge in [0.2, 0.25) is 5.88 Å². The van der Waals surface area contributed by atoms with E-state index in [-0.39, 0.29) is 29.0 Å². The van der Waals surface area contributed by atoms with E-state index in [1.165, 1.54) is 0 Å². The predicted molar refractivity (Wildman–Crippen MR) is 142 cm³/mol. The first-order valence-corrected chi connectivity index (χ1v) is 12.5. The summed E-state index contributed by atoms with van der Waals surface area (Å²) in [7, 11) is 0. The van der Waals surface area contributed by atoms with Crippen LogP contribution in [-0.2, 0) is 5.41 Å². The molecule has 3 amide bonds. The van der Waals surface area contributed by atoms with E-state index in [0.29, 0.717) is 17.1 Å². The van der Waals surface area contributed by atoms with E-state index in [4.69, 9.17) is 9.26 Å². The second-order valence-corrected chi connectivity index (χ2v) is 10.1. The molecule has 3 heterocycles. The average molecular weight is 507 g/mol. The highest BCUT2D eigenvalue weighted by atomic mass is 16.5. The molecule has 1 aromatic carbocycles. The molecular weight excluding hydrogens is 472 g/mol. The number of rotatable bonds is 7. The standard InChI is InChI=1S/C27H34N6O4/c1-5-33-14-12-20(13-15-33)36-21-10-11-22(28-17-21)25(34)29-18-6-8-19(9-7-18)30-26(35)31-24-16-23(32-37-24)27(2,3)4/h6-11,16-17,20H,5,12-15H2,1-4H3,(H,29,34)(H2,30,31,35). The number of ether oxygens (including phenoxy) is 1. The van der Waals surface area contributed by atoms with E-state index < -0.39 is 6.03 Å². The zero-order valence-electron chi connectivity index (χ0n) is 21.7. The number of piperidine rings is 1. The number of carbonyl (C=O) groups excluding carboxylic acids is 2. The smallest absolute Gasteiger partial charge is 0.326 e. The van der Waals surface area contributed by atoms with Gasteiger partial charge in [-0.2, -0.15) is 0 Å². The van der Waals surface area contributed by atoms with Gasteiger partial charge < -0.3 is 24.8 Å². The van der Waals surface area contributed by atoms with Crippen LogP contribution in [0.15, 0.2) is 53.2 Å². The Labute approximate surface area is 216 Å². The summed E-state index contributed by atoms with van der Waals surface area (Å²) in [5, 5.41) is 12.1. The van der Waals surface area contributed by atoms with Crippen LogP contribution in [0.5, 0.6) is 5.75 Å². The zero-order valence-corrected chi connectivity index (χ0v) is 21.7. The summed E-state index contributed by atoms with van der Waals surface area (Å²) >= 11 is 0. The first-order valence-electron chi connectivity index (χ1n) is 12.5. The number of hydrogen-bond acceptors (Lipinski definition) is 7. The van der Waals surface area contributed by atoms with Crippen molar-refractivity contribution in [3.8, 4) is 5.75 Å². The Morgan fingerprint density at radius 1 is 1.03 bits per heavy atom. The second kappa shape index (κ2) is 11.4.